The van der Waals surface area contributed by atoms with Crippen molar-refractivity contribution in [1.29, 1.82) is 0 Å². The molecule has 0 saturated carbocycles. The number of carbonyl (C=O) groups excluding carboxylic acids is 1. The van der Waals surface area contributed by atoms with Crippen molar-refractivity contribution in [3.8, 4) is 11.5 Å². The van der Waals surface area contributed by atoms with E-state index < -0.39 is 10.0 Å². The van der Waals surface area contributed by atoms with Gasteiger partial charge >= 0.3 is 0 Å². The van der Waals surface area contributed by atoms with Gasteiger partial charge in [0.1, 0.15) is 11.5 Å². The van der Waals surface area contributed by atoms with Crippen molar-refractivity contribution < 1.29 is 22.7 Å². The van der Waals surface area contributed by atoms with E-state index in [0.717, 1.165) is 5.69 Å². The highest BCUT2D eigenvalue weighted by Gasteiger charge is 2.31. The van der Waals surface area contributed by atoms with Crippen molar-refractivity contribution >= 4 is 21.6 Å². The van der Waals surface area contributed by atoms with Crippen molar-refractivity contribution in [1.82, 2.24) is 4.72 Å². The number of methoxy groups -OCH3 is 2. The van der Waals surface area contributed by atoms with Crippen LogP contribution in [0.2, 0.25) is 0 Å². The minimum atomic E-state index is -3.63. The first-order valence-electron chi connectivity index (χ1n) is 8.51. The monoisotopic (exact) mass is 390 g/mol. The zero-order valence-electron chi connectivity index (χ0n) is 15.2. The van der Waals surface area contributed by atoms with Crippen LogP contribution in [0.15, 0.2) is 53.4 Å². The molecule has 1 heterocycles. The Hall–Kier alpha value is -2.58. The summed E-state index contributed by atoms with van der Waals surface area (Å²) in [5.74, 6) is 1.20. The lowest BCUT2D eigenvalue weighted by Gasteiger charge is -2.17. The smallest absolute Gasteiger partial charge is 0.240 e. The van der Waals surface area contributed by atoms with E-state index in [0.29, 0.717) is 24.5 Å². The molecule has 0 radical (unpaired) electrons. The Morgan fingerprint density at radius 2 is 1.56 bits per heavy atom. The molecule has 3 rings (SSSR count). The lowest BCUT2D eigenvalue weighted by Crippen LogP contribution is -2.31. The summed E-state index contributed by atoms with van der Waals surface area (Å²) >= 11 is 0. The van der Waals surface area contributed by atoms with E-state index in [4.69, 9.17) is 9.47 Å². The fraction of sp³-hybridized carbons (Fsp3) is 0.316. The molecular weight excluding hydrogens is 368 g/mol. The number of sulfonamides is 1. The largest absolute Gasteiger partial charge is 0.497 e. The number of hydrogen-bond acceptors (Lipinski definition) is 5. The topological polar surface area (TPSA) is 84.9 Å². The predicted molar refractivity (Wildman–Crippen MR) is 102 cm³/mol. The Labute approximate surface area is 158 Å². The summed E-state index contributed by atoms with van der Waals surface area (Å²) < 4.78 is 37.6. The summed E-state index contributed by atoms with van der Waals surface area (Å²) in [5.41, 5.74) is 0.779. The standard InChI is InChI=1S/C19H22N2O5S/c1-25-16-5-3-15(4-6-16)21-13-14(11-19(21)22)12-20-27(23,24)18-9-7-17(26-2)8-10-18/h3-10,14,20H,11-13H2,1-2H3/t14-/m1/s1. The second kappa shape index (κ2) is 7.98. The number of nitrogens with zero attached hydrogens (tertiary/aromatic N) is 1. The summed E-state index contributed by atoms with van der Waals surface area (Å²) in [5, 5.41) is 0. The third-order valence-electron chi connectivity index (χ3n) is 4.52. The molecule has 1 aliphatic rings. The second-order valence-corrected chi connectivity index (χ2v) is 8.07. The Morgan fingerprint density at radius 1 is 1.00 bits per heavy atom. The quantitative estimate of drug-likeness (QED) is 0.782. The van der Waals surface area contributed by atoms with Gasteiger partial charge in [-0.05, 0) is 54.4 Å². The predicted octanol–water partition coefficient (Wildman–Crippen LogP) is 2.04. The molecule has 0 aliphatic carbocycles. The van der Waals surface area contributed by atoms with Gasteiger partial charge in [0.25, 0.3) is 0 Å². The number of anilines is 1. The summed E-state index contributed by atoms with van der Waals surface area (Å²) in [6, 6.07) is 13.4. The molecule has 1 saturated heterocycles. The lowest BCUT2D eigenvalue weighted by molar-refractivity contribution is -0.117. The zero-order valence-corrected chi connectivity index (χ0v) is 16.0. The minimum Gasteiger partial charge on any atom is -0.497 e. The van der Waals surface area contributed by atoms with Crippen LogP contribution in [0.4, 0.5) is 5.69 Å². The van der Waals surface area contributed by atoms with E-state index in [2.05, 4.69) is 4.72 Å². The molecule has 8 heteroatoms. The van der Waals surface area contributed by atoms with Gasteiger partial charge in [0.2, 0.25) is 15.9 Å². The number of benzene rings is 2. The van der Waals surface area contributed by atoms with Crippen LogP contribution in [-0.2, 0) is 14.8 Å². The Morgan fingerprint density at radius 3 is 2.11 bits per heavy atom. The van der Waals surface area contributed by atoms with Crippen molar-refractivity contribution in [3.05, 3.63) is 48.5 Å². The fourth-order valence-corrected chi connectivity index (χ4v) is 4.11. The van der Waals surface area contributed by atoms with Crippen LogP contribution >= 0.6 is 0 Å². The number of hydrogen-bond donors (Lipinski definition) is 1. The molecule has 1 atom stereocenters. The van der Waals surface area contributed by atoms with Crippen LogP contribution in [0.25, 0.3) is 0 Å². The van der Waals surface area contributed by atoms with Gasteiger partial charge in [0.15, 0.2) is 0 Å². The zero-order chi connectivity index (χ0) is 19.4. The third-order valence-corrected chi connectivity index (χ3v) is 5.96. The third kappa shape index (κ3) is 4.40. The van der Waals surface area contributed by atoms with Crippen LogP contribution in [0, 0.1) is 5.92 Å². The van der Waals surface area contributed by atoms with Crippen molar-refractivity contribution in [2.75, 3.05) is 32.2 Å². The van der Waals surface area contributed by atoms with E-state index in [-0.39, 0.29) is 23.3 Å². The van der Waals surface area contributed by atoms with Crippen LogP contribution < -0.4 is 19.1 Å². The van der Waals surface area contributed by atoms with Gasteiger partial charge in [-0.25, -0.2) is 13.1 Å². The molecule has 0 spiro atoms. The highest BCUT2D eigenvalue weighted by Crippen LogP contribution is 2.27. The first kappa shape index (κ1) is 19.2. The molecule has 1 fully saturated rings. The van der Waals surface area contributed by atoms with Gasteiger partial charge in [-0.3, -0.25) is 4.79 Å². The number of nitrogens with one attached hydrogen (secondary N) is 1. The Bertz CT molecular complexity index is 895. The summed E-state index contributed by atoms with van der Waals surface area (Å²) in [7, 11) is -0.528. The molecule has 2 aromatic rings. The first-order chi connectivity index (χ1) is 12.9. The molecule has 1 amide bonds. The molecule has 2 aromatic carbocycles. The van der Waals surface area contributed by atoms with Crippen molar-refractivity contribution in [3.63, 3.8) is 0 Å². The number of rotatable bonds is 7. The van der Waals surface area contributed by atoms with Crippen LogP contribution in [0.3, 0.4) is 0 Å². The minimum absolute atomic E-state index is 0.0196. The molecule has 0 aromatic heterocycles. The summed E-state index contributed by atoms with van der Waals surface area (Å²) in [6.45, 7) is 0.670. The molecule has 27 heavy (non-hydrogen) atoms. The second-order valence-electron chi connectivity index (χ2n) is 6.30. The van der Waals surface area contributed by atoms with Gasteiger partial charge in [-0.1, -0.05) is 0 Å². The number of ether oxygens (including phenoxy) is 2. The van der Waals surface area contributed by atoms with Crippen LogP contribution in [0.1, 0.15) is 6.42 Å². The van der Waals surface area contributed by atoms with Gasteiger partial charge < -0.3 is 14.4 Å². The van der Waals surface area contributed by atoms with Gasteiger partial charge in [-0.2, -0.15) is 0 Å². The van der Waals surface area contributed by atoms with E-state index >= 15 is 0 Å². The van der Waals surface area contributed by atoms with Crippen LogP contribution in [0.5, 0.6) is 11.5 Å². The molecule has 144 valence electrons. The molecule has 0 unspecified atom stereocenters. The maximum absolute atomic E-state index is 12.4. The van der Waals surface area contributed by atoms with Crippen molar-refractivity contribution in [2.24, 2.45) is 5.92 Å². The highest BCUT2D eigenvalue weighted by molar-refractivity contribution is 7.89. The maximum atomic E-state index is 12.4. The number of carbonyl (C=O) groups is 1. The van der Waals surface area contributed by atoms with E-state index in [9.17, 15) is 13.2 Å². The molecule has 1 N–H and O–H groups in total. The van der Waals surface area contributed by atoms with Crippen molar-refractivity contribution in [2.45, 2.75) is 11.3 Å². The molecular formula is C19H22N2O5S. The van der Waals surface area contributed by atoms with E-state index in [1.54, 1.807) is 36.3 Å². The average Bonchev–Trinajstić information content (AvgIpc) is 3.07. The number of amides is 1. The Balaban J connectivity index is 1.62. The molecule has 1 aliphatic heterocycles. The van der Waals surface area contributed by atoms with E-state index in [1.165, 1.54) is 19.2 Å². The summed E-state index contributed by atoms with van der Waals surface area (Å²) in [6.07, 6.45) is 0.303. The normalized spacial score (nSPS) is 17.2. The van der Waals surface area contributed by atoms with Crippen LogP contribution in [-0.4, -0.2) is 41.6 Å². The molecule has 7 nitrogen and oxygen atoms in total. The molecule has 0 bridgehead atoms. The highest BCUT2D eigenvalue weighted by atomic mass is 32.2. The fourth-order valence-electron chi connectivity index (χ4n) is 3.00. The van der Waals surface area contributed by atoms with Gasteiger partial charge in [0, 0.05) is 25.2 Å². The van der Waals surface area contributed by atoms with E-state index in [1.807, 2.05) is 12.1 Å². The van der Waals surface area contributed by atoms with Gasteiger partial charge in [-0.15, -0.1) is 0 Å². The first-order valence-corrected chi connectivity index (χ1v) is 9.99. The average molecular weight is 390 g/mol. The van der Waals surface area contributed by atoms with Gasteiger partial charge in [0.05, 0.1) is 19.1 Å². The Kier molecular flexibility index (Phi) is 5.67. The summed E-state index contributed by atoms with van der Waals surface area (Å²) in [4.78, 5) is 14.1. The SMILES string of the molecule is COc1ccc(N2C[C@@H](CNS(=O)(=O)c3ccc(OC)cc3)CC2=O)cc1. The lowest BCUT2D eigenvalue weighted by atomic mass is 10.1. The maximum Gasteiger partial charge on any atom is 0.240 e.